The second-order valence-corrected chi connectivity index (χ2v) is 21.1. The molecule has 426 valence electrons. The number of fused-ring (bicyclic) bond motifs is 3. The minimum Gasteiger partial charge on any atom is -0.486 e. The van der Waals surface area contributed by atoms with E-state index < -0.39 is 0 Å². The zero-order chi connectivity index (χ0) is 58.9. The van der Waals surface area contributed by atoms with Crippen LogP contribution in [0.4, 0.5) is 5.69 Å². The molecule has 20 nitrogen and oxygen atoms in total. The maximum atomic E-state index is 5.87. The van der Waals surface area contributed by atoms with Crippen LogP contribution in [0.15, 0.2) is 224 Å². The van der Waals surface area contributed by atoms with Gasteiger partial charge in [0.25, 0.3) is 0 Å². The number of pyridine rings is 6. The highest BCUT2D eigenvalue weighted by Gasteiger charge is 2.20. The Bertz CT molecular complexity index is 4300. The number of anilines is 1. The lowest BCUT2D eigenvalue weighted by Gasteiger charge is -2.04. The molecule has 21 heteroatoms. The van der Waals surface area contributed by atoms with Crippen molar-refractivity contribution >= 4 is 34.4 Å². The van der Waals surface area contributed by atoms with Crippen molar-refractivity contribution in [2.45, 2.75) is 44.6 Å². The predicted octanol–water partition coefficient (Wildman–Crippen LogP) is 13.0. The number of H-pyrrole nitrogens is 3. The van der Waals surface area contributed by atoms with Crippen LogP contribution in [0.5, 0.6) is 5.75 Å². The van der Waals surface area contributed by atoms with Crippen LogP contribution in [0.25, 0.3) is 84.9 Å². The number of hydrogen-bond donors (Lipinski definition) is 4. The van der Waals surface area contributed by atoms with Gasteiger partial charge in [-0.1, -0.05) is 72.8 Å². The van der Waals surface area contributed by atoms with Crippen LogP contribution >= 0.6 is 11.8 Å². The molecule has 87 heavy (non-hydrogen) atoms. The lowest BCUT2D eigenvalue weighted by atomic mass is 10.1. The second kappa shape index (κ2) is 25.2. The molecule has 0 fully saturated rings. The third-order valence-corrected chi connectivity index (χ3v) is 14.8. The Morgan fingerprint density at radius 3 is 1.30 bits per heavy atom. The average molecular weight is 1160 g/mol. The van der Waals surface area contributed by atoms with Gasteiger partial charge in [0, 0.05) is 62.9 Å². The van der Waals surface area contributed by atoms with Crippen LogP contribution in [-0.4, -0.2) is 88.6 Å². The fourth-order valence-corrected chi connectivity index (χ4v) is 10.5. The summed E-state index contributed by atoms with van der Waals surface area (Å²) in [6, 6.07) is 59.8. The second-order valence-electron chi connectivity index (χ2n) is 20.1. The van der Waals surface area contributed by atoms with Crippen molar-refractivity contribution in [1.82, 2.24) is 88.6 Å². The fraction of sp³-hybridized carbons (Fsp3) is 0.0909. The van der Waals surface area contributed by atoms with Crippen LogP contribution < -0.4 is 10.1 Å². The number of benzene rings is 3. The number of ether oxygens (including phenoxy) is 1. The van der Waals surface area contributed by atoms with E-state index in [0.717, 1.165) is 137 Å². The van der Waals surface area contributed by atoms with E-state index in [1.807, 2.05) is 209 Å². The molecule has 4 N–H and O–H groups in total. The van der Waals surface area contributed by atoms with Gasteiger partial charge >= 0.3 is 0 Å². The quantitative estimate of drug-likeness (QED) is 0.0699. The fourth-order valence-electron chi connectivity index (χ4n) is 9.67. The number of nitrogens with zero attached hydrogens (tertiary/aromatic N) is 15. The molecule has 0 saturated heterocycles. The predicted molar refractivity (Wildman–Crippen MR) is 336 cm³/mol. The van der Waals surface area contributed by atoms with Gasteiger partial charge in [-0.3, -0.25) is 15.0 Å². The Balaban J connectivity index is 0.000000121. The van der Waals surface area contributed by atoms with E-state index in [2.05, 4.69) is 72.6 Å². The zero-order valence-corrected chi connectivity index (χ0v) is 48.2. The lowest BCUT2D eigenvalue weighted by molar-refractivity contribution is 0.297. The molecular weight excluding hydrogens is 1110 g/mol. The van der Waals surface area contributed by atoms with E-state index in [1.165, 1.54) is 11.2 Å². The van der Waals surface area contributed by atoms with Crippen molar-refractivity contribution in [2.24, 2.45) is 0 Å². The first-order valence-corrected chi connectivity index (χ1v) is 28.9. The van der Waals surface area contributed by atoms with Gasteiger partial charge < -0.3 is 25.0 Å². The highest BCUT2D eigenvalue weighted by atomic mass is 32.2. The van der Waals surface area contributed by atoms with E-state index in [-0.39, 0.29) is 0 Å². The molecule has 12 heterocycles. The smallest absolute Gasteiger partial charge is 0.155 e. The molecule has 0 saturated carbocycles. The largest absolute Gasteiger partial charge is 0.486 e. The van der Waals surface area contributed by atoms with Gasteiger partial charge in [-0.2, -0.15) is 15.3 Å². The molecule has 15 aromatic rings. The lowest BCUT2D eigenvalue weighted by Crippen LogP contribution is -2.01. The summed E-state index contributed by atoms with van der Waals surface area (Å²) in [7, 11) is 0. The molecule has 0 amide bonds. The SMILES string of the molecule is Cc1cccc(-c2[nH]c(CNc3ccccc3)nc2-c2ccc3ncnn3c2)n1.Cc1cccc(-c2[nH]c(COc3ccccc3)nc2-c2ccc3ncnn3c2)n1.Cc1cccc(-c2[nH]c(CSc3ccccc3)nc2-c2ccc3ncnn3c2)n1. The first-order chi connectivity index (χ1) is 42.8. The monoisotopic (exact) mass is 1160 g/mol. The summed E-state index contributed by atoms with van der Waals surface area (Å²) in [6.45, 7) is 6.86. The Morgan fingerprint density at radius 1 is 0.414 bits per heavy atom. The highest BCUT2D eigenvalue weighted by Crippen LogP contribution is 2.34. The highest BCUT2D eigenvalue weighted by molar-refractivity contribution is 7.98. The van der Waals surface area contributed by atoms with Crippen molar-refractivity contribution < 1.29 is 4.74 Å². The summed E-state index contributed by atoms with van der Waals surface area (Å²) in [5.41, 5.74) is 16.8. The number of aromatic nitrogens is 18. The summed E-state index contributed by atoms with van der Waals surface area (Å²) >= 11 is 1.75. The molecule has 3 aromatic carbocycles. The van der Waals surface area contributed by atoms with Crippen molar-refractivity contribution in [1.29, 1.82) is 0 Å². The number of imidazole rings is 3. The summed E-state index contributed by atoms with van der Waals surface area (Å²) in [6.07, 6.45) is 10.4. The normalized spacial score (nSPS) is 11.1. The Hall–Kier alpha value is -11.5. The topological polar surface area (TPSA) is 237 Å². The maximum absolute atomic E-state index is 5.87. The first-order valence-electron chi connectivity index (χ1n) is 27.9. The molecule has 0 aliphatic heterocycles. The van der Waals surface area contributed by atoms with Crippen molar-refractivity contribution in [2.75, 3.05) is 5.32 Å². The number of aryl methyl sites for hydroxylation is 3. The standard InChI is InChI=1S/C22H19N7.C22H18N6O.C22H18N6S/c1-15-6-5-9-18(26-15)22-21(16-10-11-20-24-14-25-29(20)13-16)27-19(28-22)12-23-17-7-3-2-4-8-17;2*1-15-6-5-9-18(25-15)22-21(16-10-11-20-23-14-24-28(20)12-16)26-19(27-22)13-29-17-7-3-2-4-8-17/h2-11,13-14,23H,12H2,1H3,(H,27,28);2*2-12,14H,13H2,1H3,(H,26,27). The van der Waals surface area contributed by atoms with Crippen molar-refractivity contribution in [3.05, 3.63) is 254 Å². The number of para-hydroxylation sites is 2. The number of hydrogen-bond acceptors (Lipinski definition) is 15. The van der Waals surface area contributed by atoms with E-state index in [1.54, 1.807) is 38.0 Å². The molecule has 0 bridgehead atoms. The van der Waals surface area contributed by atoms with Gasteiger partial charge in [-0.25, -0.2) is 43.5 Å². The number of aromatic amines is 3. The molecule has 0 unspecified atom stereocenters. The van der Waals surface area contributed by atoms with Crippen LogP contribution in [0, 0.1) is 20.8 Å². The molecular formula is C66H55N19OS. The maximum Gasteiger partial charge on any atom is 0.155 e. The summed E-state index contributed by atoms with van der Waals surface area (Å²) in [4.78, 5) is 52.9. The summed E-state index contributed by atoms with van der Waals surface area (Å²) < 4.78 is 11.1. The molecule has 0 atom stereocenters. The number of thioether (sulfide) groups is 1. The molecule has 0 aliphatic rings. The molecule has 0 aliphatic carbocycles. The number of rotatable bonds is 15. The Morgan fingerprint density at radius 2 is 0.828 bits per heavy atom. The average Bonchev–Trinajstić information content (AvgIpc) is 2.54. The van der Waals surface area contributed by atoms with E-state index >= 15 is 0 Å². The van der Waals surface area contributed by atoms with Gasteiger partial charge in [0.2, 0.25) is 0 Å². The van der Waals surface area contributed by atoms with Gasteiger partial charge in [0.05, 0.1) is 63.5 Å². The van der Waals surface area contributed by atoms with Gasteiger partial charge in [-0.15, -0.1) is 11.8 Å². The van der Waals surface area contributed by atoms with E-state index in [4.69, 9.17) is 24.7 Å². The summed E-state index contributed by atoms with van der Waals surface area (Å²) in [5, 5.41) is 16.1. The van der Waals surface area contributed by atoms with Crippen molar-refractivity contribution in [3.8, 4) is 73.7 Å². The Kier molecular flexibility index (Phi) is 15.9. The van der Waals surface area contributed by atoms with E-state index in [9.17, 15) is 0 Å². The molecule has 15 rings (SSSR count). The van der Waals surface area contributed by atoms with Crippen LogP contribution in [-0.2, 0) is 18.9 Å². The molecule has 12 aromatic heterocycles. The minimum atomic E-state index is 0.328. The van der Waals surface area contributed by atoms with Gasteiger partial charge in [0.15, 0.2) is 16.9 Å². The minimum absolute atomic E-state index is 0.328. The van der Waals surface area contributed by atoms with Crippen LogP contribution in [0.1, 0.15) is 34.6 Å². The molecule has 0 radical (unpaired) electrons. The van der Waals surface area contributed by atoms with Crippen LogP contribution in [0.2, 0.25) is 0 Å². The van der Waals surface area contributed by atoms with Gasteiger partial charge in [-0.05, 0) is 130 Å². The Labute approximate surface area is 503 Å². The first kappa shape index (κ1) is 54.8. The third-order valence-electron chi connectivity index (χ3n) is 13.8. The third kappa shape index (κ3) is 12.9. The summed E-state index contributed by atoms with van der Waals surface area (Å²) in [5.74, 6) is 4.01. The van der Waals surface area contributed by atoms with E-state index in [0.29, 0.717) is 13.2 Å². The van der Waals surface area contributed by atoms with Crippen molar-refractivity contribution in [3.63, 3.8) is 0 Å². The molecule has 0 spiro atoms. The zero-order valence-electron chi connectivity index (χ0n) is 47.4. The van der Waals surface area contributed by atoms with Crippen LogP contribution in [0.3, 0.4) is 0 Å². The number of nitrogens with one attached hydrogen (secondary N) is 4. The van der Waals surface area contributed by atoms with Gasteiger partial charge in [0.1, 0.15) is 48.8 Å².